The van der Waals surface area contributed by atoms with Crippen LogP contribution < -0.4 is 5.32 Å². The number of nitrogens with one attached hydrogen (secondary N) is 1. The monoisotopic (exact) mass is 337 g/mol. The lowest BCUT2D eigenvalue weighted by Crippen LogP contribution is -2.51. The Morgan fingerprint density at radius 2 is 1.96 bits per heavy atom. The number of carbonyl (C=O) groups is 2. The van der Waals surface area contributed by atoms with Crippen molar-refractivity contribution in [3.63, 3.8) is 0 Å². The van der Waals surface area contributed by atoms with Crippen molar-refractivity contribution < 1.29 is 18.7 Å². The van der Waals surface area contributed by atoms with Crippen molar-refractivity contribution in [2.24, 2.45) is 0 Å². The first-order chi connectivity index (χ1) is 11.5. The summed E-state index contributed by atoms with van der Waals surface area (Å²) in [6.45, 7) is 6.78. The molecular formula is C17H24FN3O3. The van der Waals surface area contributed by atoms with Gasteiger partial charge in [0.15, 0.2) is 0 Å². The molecule has 0 spiro atoms. The molecule has 0 bridgehead atoms. The Bertz CT molecular complexity index is 586. The van der Waals surface area contributed by atoms with Gasteiger partial charge in [0.1, 0.15) is 5.82 Å². The number of amides is 2. The van der Waals surface area contributed by atoms with E-state index in [0.717, 1.165) is 5.56 Å². The van der Waals surface area contributed by atoms with Gasteiger partial charge in [-0.05, 0) is 31.0 Å². The standard InChI is InChI=1S/C17H24FN3O3/c1-3-24-17(23)21-8-6-20(7-9-21)12-16(22)19-11-14-5-4-13(2)15(18)10-14/h4-5,10H,3,6-9,11-12H2,1-2H3,(H,19,22). The molecule has 2 rings (SSSR count). The molecule has 1 aliphatic heterocycles. The van der Waals surface area contributed by atoms with Crippen molar-refractivity contribution in [1.29, 1.82) is 0 Å². The summed E-state index contributed by atoms with van der Waals surface area (Å²) in [4.78, 5) is 27.2. The summed E-state index contributed by atoms with van der Waals surface area (Å²) in [5.74, 6) is -0.377. The van der Waals surface area contributed by atoms with Crippen LogP contribution in [0.4, 0.5) is 9.18 Å². The van der Waals surface area contributed by atoms with E-state index in [1.807, 2.05) is 4.90 Å². The number of benzene rings is 1. The Labute approximate surface area is 141 Å². The fourth-order valence-corrected chi connectivity index (χ4v) is 2.51. The zero-order valence-electron chi connectivity index (χ0n) is 14.2. The van der Waals surface area contributed by atoms with Crippen molar-refractivity contribution in [1.82, 2.24) is 15.1 Å². The molecule has 0 aromatic heterocycles. The van der Waals surface area contributed by atoms with E-state index in [9.17, 15) is 14.0 Å². The van der Waals surface area contributed by atoms with Crippen LogP contribution >= 0.6 is 0 Å². The van der Waals surface area contributed by atoms with Gasteiger partial charge in [0.25, 0.3) is 0 Å². The zero-order valence-corrected chi connectivity index (χ0v) is 14.2. The molecule has 1 N–H and O–H groups in total. The molecular weight excluding hydrogens is 313 g/mol. The third-order valence-electron chi connectivity index (χ3n) is 3.99. The molecule has 7 heteroatoms. The Kier molecular flexibility index (Phi) is 6.54. The molecule has 0 atom stereocenters. The second kappa shape index (κ2) is 8.63. The summed E-state index contributed by atoms with van der Waals surface area (Å²) in [6.07, 6.45) is -0.303. The Hall–Kier alpha value is -2.15. The first kappa shape index (κ1) is 18.2. The van der Waals surface area contributed by atoms with Crippen LogP contribution in [-0.2, 0) is 16.1 Å². The highest BCUT2D eigenvalue weighted by Crippen LogP contribution is 2.09. The molecule has 1 aromatic rings. The summed E-state index contributed by atoms with van der Waals surface area (Å²) >= 11 is 0. The predicted molar refractivity (Wildman–Crippen MR) is 88.0 cm³/mol. The van der Waals surface area contributed by atoms with Crippen molar-refractivity contribution in [2.75, 3.05) is 39.3 Å². The maximum absolute atomic E-state index is 13.5. The molecule has 0 saturated carbocycles. The van der Waals surface area contributed by atoms with Crippen molar-refractivity contribution in [2.45, 2.75) is 20.4 Å². The second-order valence-electron chi connectivity index (χ2n) is 5.82. The van der Waals surface area contributed by atoms with Gasteiger partial charge in [-0.2, -0.15) is 0 Å². The third-order valence-corrected chi connectivity index (χ3v) is 3.99. The fourth-order valence-electron chi connectivity index (χ4n) is 2.51. The summed E-state index contributed by atoms with van der Waals surface area (Å²) < 4.78 is 18.4. The van der Waals surface area contributed by atoms with Gasteiger partial charge >= 0.3 is 6.09 Å². The van der Waals surface area contributed by atoms with E-state index in [-0.39, 0.29) is 24.4 Å². The fraction of sp³-hybridized carbons (Fsp3) is 0.529. The minimum atomic E-state index is -0.303. The number of aryl methyl sites for hydroxylation is 1. The van der Waals surface area contributed by atoms with Crippen LogP contribution in [0.15, 0.2) is 18.2 Å². The second-order valence-corrected chi connectivity index (χ2v) is 5.82. The molecule has 6 nitrogen and oxygen atoms in total. The lowest BCUT2D eigenvalue weighted by atomic mass is 10.1. The lowest BCUT2D eigenvalue weighted by Gasteiger charge is -2.33. The van der Waals surface area contributed by atoms with E-state index in [1.165, 1.54) is 6.07 Å². The third kappa shape index (κ3) is 5.19. The van der Waals surface area contributed by atoms with Crippen LogP contribution in [0.2, 0.25) is 0 Å². The quantitative estimate of drug-likeness (QED) is 0.885. The van der Waals surface area contributed by atoms with Crippen LogP contribution in [0.3, 0.4) is 0 Å². The van der Waals surface area contributed by atoms with Gasteiger partial charge in [0.2, 0.25) is 5.91 Å². The topological polar surface area (TPSA) is 61.9 Å². The van der Waals surface area contributed by atoms with Gasteiger partial charge < -0.3 is 15.0 Å². The van der Waals surface area contributed by atoms with Gasteiger partial charge in [-0.25, -0.2) is 9.18 Å². The average molecular weight is 337 g/mol. The van der Waals surface area contributed by atoms with Gasteiger partial charge in [0.05, 0.1) is 13.2 Å². The molecule has 2 amide bonds. The van der Waals surface area contributed by atoms with E-state index in [2.05, 4.69) is 5.32 Å². The van der Waals surface area contributed by atoms with E-state index in [1.54, 1.807) is 30.9 Å². The number of ether oxygens (including phenoxy) is 1. The largest absolute Gasteiger partial charge is 0.450 e. The Morgan fingerprint density at radius 3 is 2.58 bits per heavy atom. The van der Waals surface area contributed by atoms with Crippen LogP contribution in [0.5, 0.6) is 0 Å². The van der Waals surface area contributed by atoms with Crippen molar-refractivity contribution in [3.8, 4) is 0 Å². The molecule has 1 aromatic carbocycles. The molecule has 1 aliphatic rings. The highest BCUT2D eigenvalue weighted by Gasteiger charge is 2.22. The minimum Gasteiger partial charge on any atom is -0.450 e. The predicted octanol–water partition coefficient (Wildman–Crippen LogP) is 1.52. The Balaban J connectivity index is 1.71. The van der Waals surface area contributed by atoms with E-state index in [4.69, 9.17) is 4.74 Å². The average Bonchev–Trinajstić information content (AvgIpc) is 2.57. The molecule has 1 saturated heterocycles. The van der Waals surface area contributed by atoms with Gasteiger partial charge in [-0.15, -0.1) is 0 Å². The number of halogens is 1. The summed E-state index contributed by atoms with van der Waals surface area (Å²) in [6, 6.07) is 4.94. The molecule has 1 fully saturated rings. The number of piperazine rings is 1. The number of carbonyl (C=O) groups excluding carboxylic acids is 2. The number of nitrogens with zero attached hydrogens (tertiary/aromatic N) is 2. The van der Waals surface area contributed by atoms with E-state index < -0.39 is 0 Å². The molecule has 0 aliphatic carbocycles. The first-order valence-corrected chi connectivity index (χ1v) is 8.15. The van der Waals surface area contributed by atoms with Gasteiger partial charge in [-0.3, -0.25) is 9.69 Å². The summed E-state index contributed by atoms with van der Waals surface area (Å²) in [7, 11) is 0. The maximum atomic E-state index is 13.5. The van der Waals surface area contributed by atoms with Gasteiger partial charge in [-0.1, -0.05) is 12.1 Å². The number of rotatable bonds is 5. The summed E-state index contributed by atoms with van der Waals surface area (Å²) in [5, 5.41) is 2.79. The van der Waals surface area contributed by atoms with E-state index >= 15 is 0 Å². The van der Waals surface area contributed by atoms with Crippen LogP contribution in [0.1, 0.15) is 18.1 Å². The molecule has 24 heavy (non-hydrogen) atoms. The normalized spacial score (nSPS) is 15.2. The highest BCUT2D eigenvalue weighted by atomic mass is 19.1. The SMILES string of the molecule is CCOC(=O)N1CCN(CC(=O)NCc2ccc(C)c(F)c2)CC1. The van der Waals surface area contributed by atoms with Crippen LogP contribution in [0, 0.1) is 12.7 Å². The zero-order chi connectivity index (χ0) is 17.5. The number of hydrogen-bond acceptors (Lipinski definition) is 4. The molecule has 0 radical (unpaired) electrons. The van der Waals surface area contributed by atoms with Gasteiger partial charge in [0, 0.05) is 32.7 Å². The van der Waals surface area contributed by atoms with Crippen molar-refractivity contribution in [3.05, 3.63) is 35.1 Å². The highest BCUT2D eigenvalue weighted by molar-refractivity contribution is 5.78. The number of hydrogen-bond donors (Lipinski definition) is 1. The molecule has 132 valence electrons. The molecule has 0 unspecified atom stereocenters. The lowest BCUT2D eigenvalue weighted by molar-refractivity contribution is -0.122. The van der Waals surface area contributed by atoms with Crippen LogP contribution in [-0.4, -0.2) is 61.1 Å². The first-order valence-electron chi connectivity index (χ1n) is 8.15. The minimum absolute atomic E-state index is 0.111. The Morgan fingerprint density at radius 1 is 1.25 bits per heavy atom. The summed E-state index contributed by atoms with van der Waals surface area (Å²) in [5.41, 5.74) is 1.32. The van der Waals surface area contributed by atoms with E-state index in [0.29, 0.717) is 44.9 Å². The van der Waals surface area contributed by atoms with Crippen LogP contribution in [0.25, 0.3) is 0 Å². The maximum Gasteiger partial charge on any atom is 0.409 e. The molecule has 1 heterocycles. The van der Waals surface area contributed by atoms with Crippen molar-refractivity contribution >= 4 is 12.0 Å². The smallest absolute Gasteiger partial charge is 0.409 e.